The Morgan fingerprint density at radius 2 is 1.88 bits per heavy atom. The summed E-state index contributed by atoms with van der Waals surface area (Å²) in [6.07, 6.45) is 1.01. The van der Waals surface area contributed by atoms with Gasteiger partial charge in [0.1, 0.15) is 5.82 Å². The molecule has 0 radical (unpaired) electrons. The van der Waals surface area contributed by atoms with E-state index in [4.69, 9.17) is 0 Å². The summed E-state index contributed by atoms with van der Waals surface area (Å²) < 4.78 is 12.9. The Hall–Kier alpha value is -2.69. The Morgan fingerprint density at radius 3 is 2.60 bits per heavy atom. The summed E-state index contributed by atoms with van der Waals surface area (Å²) in [5.74, 6) is -0.285. The first kappa shape index (κ1) is 17.1. The van der Waals surface area contributed by atoms with Crippen molar-refractivity contribution in [3.05, 3.63) is 65.5 Å². The van der Waals surface area contributed by atoms with Crippen LogP contribution in [0.2, 0.25) is 0 Å². The second-order valence-corrected chi connectivity index (χ2v) is 6.32. The average molecular weight is 340 g/mol. The van der Waals surface area contributed by atoms with Crippen molar-refractivity contribution in [3.8, 4) is 0 Å². The molecule has 25 heavy (non-hydrogen) atoms. The van der Waals surface area contributed by atoms with Crippen LogP contribution in [0.1, 0.15) is 30.4 Å². The van der Waals surface area contributed by atoms with E-state index in [-0.39, 0.29) is 23.5 Å². The van der Waals surface area contributed by atoms with Crippen molar-refractivity contribution < 1.29 is 14.0 Å². The Balaban J connectivity index is 1.54. The van der Waals surface area contributed by atoms with E-state index in [0.717, 1.165) is 16.8 Å². The minimum Gasteiger partial charge on any atom is -0.356 e. The zero-order chi connectivity index (χ0) is 17.8. The summed E-state index contributed by atoms with van der Waals surface area (Å²) in [4.78, 5) is 25.8. The van der Waals surface area contributed by atoms with Crippen LogP contribution in [0.5, 0.6) is 0 Å². The van der Waals surface area contributed by atoms with Crippen LogP contribution in [0.15, 0.2) is 48.5 Å². The lowest BCUT2D eigenvalue weighted by atomic mass is 9.97. The van der Waals surface area contributed by atoms with Gasteiger partial charge in [-0.15, -0.1) is 0 Å². The van der Waals surface area contributed by atoms with E-state index in [1.807, 2.05) is 24.3 Å². The number of nitrogens with one attached hydrogen (secondary N) is 1. The highest BCUT2D eigenvalue weighted by Crippen LogP contribution is 2.37. The number of para-hydroxylation sites is 1. The van der Waals surface area contributed by atoms with Gasteiger partial charge < -0.3 is 10.2 Å². The third-order valence-electron chi connectivity index (χ3n) is 4.53. The number of fused-ring (bicyclic) bond motifs is 1. The molecular formula is C20H21FN2O2. The molecule has 2 aromatic carbocycles. The van der Waals surface area contributed by atoms with Gasteiger partial charge in [-0.25, -0.2) is 4.39 Å². The van der Waals surface area contributed by atoms with E-state index in [0.29, 0.717) is 25.9 Å². The number of amides is 2. The van der Waals surface area contributed by atoms with Crippen molar-refractivity contribution in [2.24, 2.45) is 0 Å². The molecule has 1 aliphatic heterocycles. The maximum Gasteiger partial charge on any atom is 0.223 e. The lowest BCUT2D eigenvalue weighted by Crippen LogP contribution is -2.30. The number of hydrogen-bond acceptors (Lipinski definition) is 2. The number of anilines is 1. The molecule has 0 bridgehead atoms. The Morgan fingerprint density at radius 1 is 1.16 bits per heavy atom. The smallest absolute Gasteiger partial charge is 0.223 e. The molecule has 0 aromatic heterocycles. The molecule has 4 nitrogen and oxygen atoms in total. The summed E-state index contributed by atoms with van der Waals surface area (Å²) in [6.45, 7) is 2.59. The number of halogens is 1. The molecule has 0 aliphatic carbocycles. The minimum absolute atomic E-state index is 0.00771. The van der Waals surface area contributed by atoms with Crippen molar-refractivity contribution in [1.82, 2.24) is 5.32 Å². The predicted octanol–water partition coefficient (Wildman–Crippen LogP) is 3.02. The normalized spacial score (nSPS) is 15.8. The highest BCUT2D eigenvalue weighted by Gasteiger charge is 2.31. The summed E-state index contributed by atoms with van der Waals surface area (Å²) in [5, 5.41) is 2.91. The van der Waals surface area contributed by atoms with Gasteiger partial charge >= 0.3 is 0 Å². The predicted molar refractivity (Wildman–Crippen MR) is 94.9 cm³/mol. The van der Waals surface area contributed by atoms with Gasteiger partial charge in [-0.05, 0) is 35.7 Å². The third-order valence-corrected chi connectivity index (χ3v) is 4.53. The SMILES string of the molecule is CC(=O)N1CC(CC(=O)NCCc2ccc(F)cc2)c2ccccc21. The molecule has 5 heteroatoms. The van der Waals surface area contributed by atoms with Crippen LogP contribution >= 0.6 is 0 Å². The first-order valence-corrected chi connectivity index (χ1v) is 8.43. The zero-order valence-corrected chi connectivity index (χ0v) is 14.2. The van der Waals surface area contributed by atoms with Crippen LogP contribution < -0.4 is 10.2 Å². The van der Waals surface area contributed by atoms with E-state index < -0.39 is 0 Å². The van der Waals surface area contributed by atoms with Gasteiger partial charge in [0.05, 0.1) is 0 Å². The van der Waals surface area contributed by atoms with Gasteiger partial charge in [-0.3, -0.25) is 9.59 Å². The van der Waals surface area contributed by atoms with Gasteiger partial charge in [0.15, 0.2) is 0 Å². The van der Waals surface area contributed by atoms with E-state index in [2.05, 4.69) is 5.32 Å². The fraction of sp³-hybridized carbons (Fsp3) is 0.300. The number of benzene rings is 2. The Labute approximate surface area is 146 Å². The quantitative estimate of drug-likeness (QED) is 0.909. The van der Waals surface area contributed by atoms with Crippen molar-refractivity contribution in [2.45, 2.75) is 25.7 Å². The van der Waals surface area contributed by atoms with Gasteiger partial charge in [-0.2, -0.15) is 0 Å². The summed E-state index contributed by atoms with van der Waals surface area (Å²) in [6, 6.07) is 14.0. The van der Waals surface area contributed by atoms with Crippen LogP contribution in [0.4, 0.5) is 10.1 Å². The number of rotatable bonds is 5. The molecule has 0 spiro atoms. The molecule has 3 rings (SSSR count). The second-order valence-electron chi connectivity index (χ2n) is 6.32. The standard InChI is InChI=1S/C20H21FN2O2/c1-14(24)23-13-16(18-4-2-3-5-19(18)23)12-20(25)22-11-10-15-6-8-17(21)9-7-15/h2-9,16H,10-13H2,1H3,(H,22,25). The van der Waals surface area contributed by atoms with Crippen LogP contribution in [0, 0.1) is 5.82 Å². The van der Waals surface area contributed by atoms with E-state index in [9.17, 15) is 14.0 Å². The molecule has 1 atom stereocenters. The van der Waals surface area contributed by atoms with Gasteiger partial charge in [0.25, 0.3) is 0 Å². The molecular weight excluding hydrogens is 319 g/mol. The molecule has 1 heterocycles. The van der Waals surface area contributed by atoms with Crippen molar-refractivity contribution in [2.75, 3.05) is 18.0 Å². The van der Waals surface area contributed by atoms with Gasteiger partial charge in [0, 0.05) is 38.0 Å². The Bertz CT molecular complexity index is 774. The third kappa shape index (κ3) is 4.05. The van der Waals surface area contributed by atoms with Crippen molar-refractivity contribution in [3.63, 3.8) is 0 Å². The monoisotopic (exact) mass is 340 g/mol. The second kappa shape index (κ2) is 7.47. The fourth-order valence-electron chi connectivity index (χ4n) is 3.26. The summed E-state index contributed by atoms with van der Waals surface area (Å²) in [7, 11) is 0. The molecule has 2 aromatic rings. The zero-order valence-electron chi connectivity index (χ0n) is 14.2. The lowest BCUT2D eigenvalue weighted by Gasteiger charge is -2.15. The number of hydrogen-bond donors (Lipinski definition) is 1. The summed E-state index contributed by atoms with van der Waals surface area (Å²) >= 11 is 0. The first-order chi connectivity index (χ1) is 12.0. The maximum absolute atomic E-state index is 12.9. The minimum atomic E-state index is -0.261. The number of carbonyl (C=O) groups excluding carboxylic acids is 2. The van der Waals surface area contributed by atoms with Crippen LogP contribution in [-0.4, -0.2) is 24.9 Å². The molecule has 1 N–H and O–H groups in total. The number of carbonyl (C=O) groups is 2. The molecule has 0 saturated heterocycles. The molecule has 2 amide bonds. The molecule has 130 valence electrons. The van der Waals surface area contributed by atoms with Crippen molar-refractivity contribution >= 4 is 17.5 Å². The average Bonchev–Trinajstić information content (AvgIpc) is 2.96. The largest absolute Gasteiger partial charge is 0.356 e. The van der Waals surface area contributed by atoms with E-state index >= 15 is 0 Å². The molecule has 0 saturated carbocycles. The van der Waals surface area contributed by atoms with Gasteiger partial charge in [-0.1, -0.05) is 30.3 Å². The van der Waals surface area contributed by atoms with Crippen LogP contribution in [0.25, 0.3) is 0 Å². The fourth-order valence-corrected chi connectivity index (χ4v) is 3.26. The molecule has 1 aliphatic rings. The van der Waals surface area contributed by atoms with Crippen LogP contribution in [-0.2, 0) is 16.0 Å². The molecule has 1 unspecified atom stereocenters. The maximum atomic E-state index is 12.9. The van der Waals surface area contributed by atoms with E-state index in [1.54, 1.807) is 24.0 Å². The summed E-state index contributed by atoms with van der Waals surface area (Å²) in [5.41, 5.74) is 2.93. The lowest BCUT2D eigenvalue weighted by molar-refractivity contribution is -0.121. The Kier molecular flexibility index (Phi) is 5.12. The van der Waals surface area contributed by atoms with Crippen molar-refractivity contribution in [1.29, 1.82) is 0 Å². The van der Waals surface area contributed by atoms with Crippen LogP contribution in [0.3, 0.4) is 0 Å². The highest BCUT2D eigenvalue weighted by atomic mass is 19.1. The van der Waals surface area contributed by atoms with E-state index in [1.165, 1.54) is 12.1 Å². The number of nitrogens with zero attached hydrogens (tertiary/aromatic N) is 1. The first-order valence-electron chi connectivity index (χ1n) is 8.43. The highest BCUT2D eigenvalue weighted by molar-refractivity contribution is 5.94. The topological polar surface area (TPSA) is 49.4 Å². The van der Waals surface area contributed by atoms with Gasteiger partial charge in [0.2, 0.25) is 11.8 Å². The molecule has 0 fully saturated rings.